The standard InChI is InChI=1S/C31H27F2N7/c32-25-8-4-3-7-22(25)23-9-10-36-30-28(23)37-31(38-30)29-24-12-20(13-26(33)27(24)39-40-29)21-11-19(16-35-17-21)15-34-14-18-5-1-2-6-18/h3-4,7-13,16-18,34H,1-2,5-6,14-15H2,(H,39,40)(H,36,37,38). The van der Waals surface area contributed by atoms with Gasteiger partial charge in [-0.15, -0.1) is 0 Å². The highest BCUT2D eigenvalue weighted by molar-refractivity contribution is 5.97. The Balaban J connectivity index is 1.24. The van der Waals surface area contributed by atoms with Crippen LogP contribution in [0.5, 0.6) is 0 Å². The molecule has 1 saturated carbocycles. The normalized spacial score (nSPS) is 14.1. The summed E-state index contributed by atoms with van der Waals surface area (Å²) >= 11 is 0. The number of benzene rings is 2. The van der Waals surface area contributed by atoms with E-state index in [0.29, 0.717) is 44.8 Å². The summed E-state index contributed by atoms with van der Waals surface area (Å²) in [6.45, 7) is 1.73. The van der Waals surface area contributed by atoms with E-state index in [2.05, 4.69) is 35.5 Å². The zero-order chi connectivity index (χ0) is 27.1. The molecule has 200 valence electrons. The van der Waals surface area contributed by atoms with Crippen LogP contribution in [0.1, 0.15) is 31.2 Å². The summed E-state index contributed by atoms with van der Waals surface area (Å²) in [5.41, 5.74) is 5.40. The lowest BCUT2D eigenvalue weighted by atomic mass is 10.0. The number of rotatable bonds is 7. The molecule has 0 spiro atoms. The van der Waals surface area contributed by atoms with Crippen molar-refractivity contribution in [2.75, 3.05) is 6.54 Å². The van der Waals surface area contributed by atoms with Gasteiger partial charge in [0.15, 0.2) is 17.3 Å². The van der Waals surface area contributed by atoms with Gasteiger partial charge in [0, 0.05) is 47.2 Å². The topological polar surface area (TPSA) is 95.2 Å². The van der Waals surface area contributed by atoms with Gasteiger partial charge in [-0.2, -0.15) is 5.10 Å². The summed E-state index contributed by atoms with van der Waals surface area (Å²) in [4.78, 5) is 16.7. The second kappa shape index (κ2) is 10.2. The van der Waals surface area contributed by atoms with E-state index in [4.69, 9.17) is 0 Å². The molecule has 40 heavy (non-hydrogen) atoms. The summed E-state index contributed by atoms with van der Waals surface area (Å²) in [7, 11) is 0. The Labute approximate surface area is 229 Å². The molecular weight excluding hydrogens is 508 g/mol. The number of nitrogens with one attached hydrogen (secondary N) is 3. The molecule has 0 atom stereocenters. The molecule has 4 heterocycles. The fraction of sp³-hybridized carbons (Fsp3) is 0.226. The molecule has 0 amide bonds. The van der Waals surface area contributed by atoms with E-state index >= 15 is 4.39 Å². The fourth-order valence-electron chi connectivity index (χ4n) is 5.73. The molecule has 0 radical (unpaired) electrons. The average Bonchev–Trinajstić information content (AvgIpc) is 3.73. The van der Waals surface area contributed by atoms with Crippen LogP contribution in [-0.4, -0.2) is 36.7 Å². The highest BCUT2D eigenvalue weighted by atomic mass is 19.1. The monoisotopic (exact) mass is 535 g/mol. The van der Waals surface area contributed by atoms with Crippen LogP contribution in [0, 0.1) is 17.6 Å². The van der Waals surface area contributed by atoms with Gasteiger partial charge in [-0.3, -0.25) is 10.1 Å². The van der Waals surface area contributed by atoms with Crippen molar-refractivity contribution in [1.29, 1.82) is 0 Å². The van der Waals surface area contributed by atoms with Crippen LogP contribution in [0.3, 0.4) is 0 Å². The molecule has 6 aromatic rings. The maximum absolute atomic E-state index is 15.3. The third kappa shape index (κ3) is 4.52. The van der Waals surface area contributed by atoms with Crippen LogP contribution in [0.4, 0.5) is 8.78 Å². The van der Waals surface area contributed by atoms with E-state index in [1.807, 2.05) is 18.3 Å². The Morgan fingerprint density at radius 2 is 1.80 bits per heavy atom. The smallest absolute Gasteiger partial charge is 0.178 e. The third-order valence-electron chi connectivity index (χ3n) is 7.77. The highest BCUT2D eigenvalue weighted by Crippen LogP contribution is 2.34. The van der Waals surface area contributed by atoms with Gasteiger partial charge >= 0.3 is 0 Å². The largest absolute Gasteiger partial charge is 0.335 e. The van der Waals surface area contributed by atoms with Gasteiger partial charge in [0.05, 0.1) is 5.52 Å². The quantitative estimate of drug-likeness (QED) is 0.209. The predicted octanol–water partition coefficient (Wildman–Crippen LogP) is 6.79. The molecule has 2 aromatic carbocycles. The minimum atomic E-state index is -0.443. The number of nitrogens with zero attached hydrogens (tertiary/aromatic N) is 4. The van der Waals surface area contributed by atoms with Crippen LogP contribution in [0.15, 0.2) is 67.1 Å². The Kier molecular flexibility index (Phi) is 6.28. The Morgan fingerprint density at radius 3 is 2.67 bits per heavy atom. The highest BCUT2D eigenvalue weighted by Gasteiger charge is 2.19. The summed E-state index contributed by atoms with van der Waals surface area (Å²) < 4.78 is 29.9. The first-order valence-corrected chi connectivity index (χ1v) is 13.6. The maximum Gasteiger partial charge on any atom is 0.178 e. The molecule has 4 aromatic heterocycles. The van der Waals surface area contributed by atoms with Crippen molar-refractivity contribution in [3.05, 3.63) is 84.3 Å². The van der Waals surface area contributed by atoms with Gasteiger partial charge in [0.1, 0.15) is 17.0 Å². The van der Waals surface area contributed by atoms with E-state index in [-0.39, 0.29) is 11.3 Å². The van der Waals surface area contributed by atoms with E-state index in [0.717, 1.165) is 30.1 Å². The second-order valence-electron chi connectivity index (χ2n) is 10.4. The number of imidazole rings is 1. The molecule has 0 unspecified atom stereocenters. The van der Waals surface area contributed by atoms with Crippen molar-refractivity contribution in [3.63, 3.8) is 0 Å². The first kappa shape index (κ1) is 24.5. The maximum atomic E-state index is 15.3. The van der Waals surface area contributed by atoms with E-state index < -0.39 is 5.82 Å². The summed E-state index contributed by atoms with van der Waals surface area (Å²) in [5.74, 6) is 0.409. The van der Waals surface area contributed by atoms with Crippen LogP contribution >= 0.6 is 0 Å². The Bertz CT molecular complexity index is 1840. The first-order chi connectivity index (χ1) is 19.6. The Hall–Kier alpha value is -4.50. The number of hydrogen-bond acceptors (Lipinski definition) is 5. The van der Waals surface area contributed by atoms with Crippen LogP contribution in [0.2, 0.25) is 0 Å². The van der Waals surface area contributed by atoms with Gasteiger partial charge in [-0.1, -0.05) is 31.0 Å². The van der Waals surface area contributed by atoms with E-state index in [1.165, 1.54) is 37.8 Å². The van der Waals surface area contributed by atoms with Gasteiger partial charge < -0.3 is 10.3 Å². The van der Waals surface area contributed by atoms with Gasteiger partial charge in [-0.05, 0) is 66.8 Å². The van der Waals surface area contributed by atoms with Crippen LogP contribution < -0.4 is 5.32 Å². The molecule has 0 aliphatic heterocycles. The number of hydrogen-bond donors (Lipinski definition) is 3. The lowest BCUT2D eigenvalue weighted by Gasteiger charge is -2.11. The van der Waals surface area contributed by atoms with Crippen molar-refractivity contribution in [2.45, 2.75) is 32.2 Å². The van der Waals surface area contributed by atoms with Crippen molar-refractivity contribution in [3.8, 4) is 33.8 Å². The number of H-pyrrole nitrogens is 2. The number of pyridine rings is 2. The molecule has 7 nitrogen and oxygen atoms in total. The number of aromatic nitrogens is 6. The van der Waals surface area contributed by atoms with Gasteiger partial charge in [-0.25, -0.2) is 18.7 Å². The molecule has 0 bridgehead atoms. The summed E-state index contributed by atoms with van der Waals surface area (Å²) in [5, 5.41) is 11.3. The first-order valence-electron chi connectivity index (χ1n) is 13.6. The molecule has 0 saturated heterocycles. The summed E-state index contributed by atoms with van der Waals surface area (Å²) in [6.07, 6.45) is 10.4. The number of halogens is 2. The SMILES string of the molecule is Fc1ccccc1-c1ccnc2nc(-c3[nH]nc4c(F)cc(-c5cncc(CNCC6CCCC6)c5)cc34)[nH]c12. The molecule has 7 rings (SSSR count). The second-order valence-corrected chi connectivity index (χ2v) is 10.4. The molecule has 1 aliphatic rings. The lowest BCUT2D eigenvalue weighted by Crippen LogP contribution is -2.20. The number of aromatic amines is 2. The van der Waals surface area contributed by atoms with Crippen LogP contribution in [0.25, 0.3) is 55.8 Å². The molecule has 3 N–H and O–H groups in total. The van der Waals surface area contributed by atoms with Crippen molar-refractivity contribution >= 4 is 22.1 Å². The zero-order valence-electron chi connectivity index (χ0n) is 21.7. The number of fused-ring (bicyclic) bond motifs is 2. The van der Waals surface area contributed by atoms with Crippen LogP contribution in [-0.2, 0) is 6.54 Å². The average molecular weight is 536 g/mol. The van der Waals surface area contributed by atoms with Crippen molar-refractivity contribution < 1.29 is 8.78 Å². The van der Waals surface area contributed by atoms with Crippen molar-refractivity contribution in [1.82, 2.24) is 35.5 Å². The van der Waals surface area contributed by atoms with E-state index in [9.17, 15) is 4.39 Å². The third-order valence-corrected chi connectivity index (χ3v) is 7.77. The minimum Gasteiger partial charge on any atom is -0.335 e. The molecule has 1 fully saturated rings. The minimum absolute atomic E-state index is 0.212. The van der Waals surface area contributed by atoms with Crippen molar-refractivity contribution in [2.24, 2.45) is 5.92 Å². The summed E-state index contributed by atoms with van der Waals surface area (Å²) in [6, 6.07) is 13.7. The Morgan fingerprint density at radius 1 is 0.925 bits per heavy atom. The van der Waals surface area contributed by atoms with E-state index in [1.54, 1.807) is 36.7 Å². The predicted molar refractivity (Wildman–Crippen MR) is 151 cm³/mol. The molecule has 9 heteroatoms. The van der Waals surface area contributed by atoms with Gasteiger partial charge in [0.2, 0.25) is 0 Å². The fourth-order valence-corrected chi connectivity index (χ4v) is 5.73. The van der Waals surface area contributed by atoms with Gasteiger partial charge in [0.25, 0.3) is 0 Å². The zero-order valence-corrected chi connectivity index (χ0v) is 21.7. The molecule has 1 aliphatic carbocycles. The lowest BCUT2D eigenvalue weighted by molar-refractivity contribution is 0.489. The molecular formula is C31H27F2N7.